The highest BCUT2D eigenvalue weighted by atomic mass is 32.2. The second-order valence-electron chi connectivity index (χ2n) is 3.28. The van der Waals surface area contributed by atoms with E-state index in [1.807, 2.05) is 42.1 Å². The zero-order valence-electron chi connectivity index (χ0n) is 9.03. The summed E-state index contributed by atoms with van der Waals surface area (Å²) in [6, 6.07) is 9.45. The molecule has 2 nitrogen and oxygen atoms in total. The van der Waals surface area contributed by atoms with E-state index in [2.05, 4.69) is 11.6 Å². The Labute approximate surface area is 103 Å². The second-order valence-corrected chi connectivity index (χ2v) is 4.27. The number of carbonyl (C=O) groups excluding carboxylic acids is 1. The Morgan fingerprint density at radius 2 is 1.94 bits per heavy atom. The summed E-state index contributed by atoms with van der Waals surface area (Å²) in [4.78, 5) is 11.6. The summed E-state index contributed by atoms with van der Waals surface area (Å²) in [5, 5.41) is 3.25. The van der Waals surface area contributed by atoms with Crippen LogP contribution in [0.5, 0.6) is 0 Å². The van der Waals surface area contributed by atoms with Gasteiger partial charge in [0.05, 0.1) is 0 Å². The molecule has 16 heavy (non-hydrogen) atoms. The van der Waals surface area contributed by atoms with Crippen LogP contribution < -0.4 is 5.32 Å². The lowest BCUT2D eigenvalue weighted by Crippen LogP contribution is -2.20. The van der Waals surface area contributed by atoms with Crippen molar-refractivity contribution in [3.05, 3.63) is 35.9 Å². The number of rotatable bonds is 7. The number of hydrogen-bond donors (Lipinski definition) is 1. The molecule has 0 bridgehead atoms. The third kappa shape index (κ3) is 5.93. The van der Waals surface area contributed by atoms with Crippen molar-refractivity contribution >= 4 is 17.5 Å². The molecular weight excluding hydrogens is 218 g/mol. The number of Topliss-reactive ketones (excluding diaryl/α,β-unsaturated/α-hetero) is 1. The number of nitrogens with one attached hydrogen (secondary N) is 1. The first kappa shape index (κ1) is 15.2. The summed E-state index contributed by atoms with van der Waals surface area (Å²) in [5.74, 6) is 1.31. The third-order valence-electron chi connectivity index (χ3n) is 2.11. The summed E-state index contributed by atoms with van der Waals surface area (Å²) < 4.78 is 0. The van der Waals surface area contributed by atoms with Gasteiger partial charge in [0.2, 0.25) is 0 Å². The molecule has 0 aliphatic rings. The second kappa shape index (κ2) is 9.43. The molecule has 0 aromatic heterocycles. The molecule has 1 rings (SSSR count). The van der Waals surface area contributed by atoms with Gasteiger partial charge in [0.15, 0.2) is 5.78 Å². The van der Waals surface area contributed by atoms with E-state index in [9.17, 15) is 4.79 Å². The fourth-order valence-electron chi connectivity index (χ4n) is 1.27. The molecule has 0 radical (unpaired) electrons. The lowest BCUT2D eigenvalue weighted by Gasteiger charge is -2.03. The van der Waals surface area contributed by atoms with Crippen molar-refractivity contribution in [1.82, 2.24) is 5.32 Å². The van der Waals surface area contributed by atoms with Crippen molar-refractivity contribution in [2.45, 2.75) is 13.8 Å². The minimum atomic E-state index is 0. The van der Waals surface area contributed by atoms with Crippen molar-refractivity contribution < 1.29 is 4.79 Å². The van der Waals surface area contributed by atoms with Gasteiger partial charge in [0.25, 0.3) is 0 Å². The van der Waals surface area contributed by atoms with Crippen LogP contribution in [-0.4, -0.2) is 30.9 Å². The van der Waals surface area contributed by atoms with Gasteiger partial charge in [0.1, 0.15) is 0 Å². The number of benzene rings is 1. The van der Waals surface area contributed by atoms with Gasteiger partial charge in [-0.3, -0.25) is 4.79 Å². The first-order chi connectivity index (χ1) is 7.34. The van der Waals surface area contributed by atoms with Gasteiger partial charge in [-0.05, 0) is 6.26 Å². The number of carbonyl (C=O) groups is 1. The molecular formula is C13H21NOS. The summed E-state index contributed by atoms with van der Waals surface area (Å²) in [6.07, 6.45) is 2.66. The van der Waals surface area contributed by atoms with Crippen molar-refractivity contribution in [1.29, 1.82) is 0 Å². The molecule has 0 aliphatic heterocycles. The Morgan fingerprint density at radius 1 is 1.25 bits per heavy atom. The van der Waals surface area contributed by atoms with Gasteiger partial charge >= 0.3 is 0 Å². The maximum absolute atomic E-state index is 11.6. The van der Waals surface area contributed by atoms with E-state index in [4.69, 9.17) is 0 Å². The highest BCUT2D eigenvalue weighted by molar-refractivity contribution is 7.98. The fraction of sp³-hybridized carbons (Fsp3) is 0.462. The Balaban J connectivity index is 0.00000225. The van der Waals surface area contributed by atoms with E-state index in [0.29, 0.717) is 6.42 Å². The molecule has 0 saturated heterocycles. The normalized spacial score (nSPS) is 9.56. The largest absolute Gasteiger partial charge is 0.315 e. The van der Waals surface area contributed by atoms with Crippen molar-refractivity contribution in [3.63, 3.8) is 0 Å². The molecule has 0 spiro atoms. The number of thioether (sulfide) groups is 1. The van der Waals surface area contributed by atoms with Crippen LogP contribution in [0.15, 0.2) is 30.3 Å². The van der Waals surface area contributed by atoms with E-state index >= 15 is 0 Å². The van der Waals surface area contributed by atoms with Gasteiger partial charge in [-0.1, -0.05) is 37.8 Å². The quantitative estimate of drug-likeness (QED) is 0.586. The molecule has 1 N–H and O–H groups in total. The molecule has 90 valence electrons. The Kier molecular flexibility index (Phi) is 8.96. The van der Waals surface area contributed by atoms with Gasteiger partial charge in [-0.2, -0.15) is 11.8 Å². The smallest absolute Gasteiger partial charge is 0.164 e. The predicted molar refractivity (Wildman–Crippen MR) is 73.4 cm³/mol. The van der Waals surface area contributed by atoms with Gasteiger partial charge in [-0.25, -0.2) is 0 Å². The average Bonchev–Trinajstić information content (AvgIpc) is 2.30. The minimum Gasteiger partial charge on any atom is -0.315 e. The van der Waals surface area contributed by atoms with E-state index in [0.717, 1.165) is 24.4 Å². The van der Waals surface area contributed by atoms with Gasteiger partial charge in [0, 0.05) is 30.8 Å². The van der Waals surface area contributed by atoms with Crippen LogP contribution in [0.1, 0.15) is 24.2 Å². The van der Waals surface area contributed by atoms with E-state index < -0.39 is 0 Å². The lowest BCUT2D eigenvalue weighted by molar-refractivity contribution is 0.0983. The van der Waals surface area contributed by atoms with Crippen molar-refractivity contribution in [2.75, 3.05) is 25.1 Å². The Hall–Kier alpha value is -0.800. The number of ketones is 1. The maximum Gasteiger partial charge on any atom is 0.164 e. The Morgan fingerprint density at radius 3 is 2.56 bits per heavy atom. The van der Waals surface area contributed by atoms with E-state index in [-0.39, 0.29) is 13.2 Å². The standard InChI is InChI=1S/C12H17NOS.CH4/c1-15-10-9-13-8-7-12(14)11-5-3-2-4-6-11;/h2-6,13H,7-10H2,1H3;1H4. The zero-order valence-corrected chi connectivity index (χ0v) is 9.85. The van der Waals surface area contributed by atoms with Crippen LogP contribution in [0.4, 0.5) is 0 Å². The van der Waals surface area contributed by atoms with Crippen molar-refractivity contribution in [2.24, 2.45) is 0 Å². The molecule has 1 aromatic rings. The third-order valence-corrected chi connectivity index (χ3v) is 2.72. The van der Waals surface area contributed by atoms with Crippen LogP contribution in [0.25, 0.3) is 0 Å². The van der Waals surface area contributed by atoms with Crippen LogP contribution in [0.3, 0.4) is 0 Å². The molecule has 0 aliphatic carbocycles. The summed E-state index contributed by atoms with van der Waals surface area (Å²) >= 11 is 1.81. The van der Waals surface area contributed by atoms with Gasteiger partial charge < -0.3 is 5.32 Å². The van der Waals surface area contributed by atoms with Gasteiger partial charge in [-0.15, -0.1) is 0 Å². The summed E-state index contributed by atoms with van der Waals surface area (Å²) in [5.41, 5.74) is 0.809. The van der Waals surface area contributed by atoms with E-state index in [1.54, 1.807) is 0 Å². The van der Waals surface area contributed by atoms with Crippen LogP contribution in [0.2, 0.25) is 0 Å². The van der Waals surface area contributed by atoms with Crippen molar-refractivity contribution in [3.8, 4) is 0 Å². The van der Waals surface area contributed by atoms with Crippen LogP contribution in [-0.2, 0) is 0 Å². The molecule has 0 saturated carbocycles. The molecule has 1 aromatic carbocycles. The highest BCUT2D eigenvalue weighted by Crippen LogP contribution is 2.01. The molecule has 0 unspecified atom stereocenters. The predicted octanol–water partition coefficient (Wildman–Crippen LogP) is 2.85. The monoisotopic (exact) mass is 239 g/mol. The molecule has 0 fully saturated rings. The lowest BCUT2D eigenvalue weighted by atomic mass is 10.1. The molecule has 0 atom stereocenters. The molecule has 3 heteroatoms. The highest BCUT2D eigenvalue weighted by Gasteiger charge is 2.03. The zero-order chi connectivity index (χ0) is 10.9. The summed E-state index contributed by atoms with van der Waals surface area (Å²) in [7, 11) is 0. The van der Waals surface area contributed by atoms with Crippen LogP contribution >= 0.6 is 11.8 Å². The fourth-order valence-corrected chi connectivity index (χ4v) is 1.62. The molecule has 0 heterocycles. The maximum atomic E-state index is 11.6. The topological polar surface area (TPSA) is 29.1 Å². The Bertz CT molecular complexity index is 287. The number of hydrogen-bond acceptors (Lipinski definition) is 3. The first-order valence-electron chi connectivity index (χ1n) is 5.12. The average molecular weight is 239 g/mol. The van der Waals surface area contributed by atoms with Crippen LogP contribution in [0, 0.1) is 0 Å². The SMILES string of the molecule is C.CSCCNCCC(=O)c1ccccc1. The van der Waals surface area contributed by atoms with E-state index in [1.165, 1.54) is 0 Å². The first-order valence-corrected chi connectivity index (χ1v) is 6.52. The minimum absolute atomic E-state index is 0. The molecule has 0 amide bonds. The summed E-state index contributed by atoms with van der Waals surface area (Å²) in [6.45, 7) is 1.75.